The highest BCUT2D eigenvalue weighted by atomic mass is 15.3. The summed E-state index contributed by atoms with van der Waals surface area (Å²) >= 11 is 0. The van der Waals surface area contributed by atoms with Crippen LogP contribution >= 0.6 is 0 Å². The standard InChI is InChI=1S/C7H11N3/c1-10-5-8-7(9-10)4-6-2-3-6/h5-6H,2-4H2,1H3. The van der Waals surface area contributed by atoms with Gasteiger partial charge < -0.3 is 0 Å². The second kappa shape index (κ2) is 2.08. The lowest BCUT2D eigenvalue weighted by atomic mass is 10.3. The molecular weight excluding hydrogens is 126 g/mol. The van der Waals surface area contributed by atoms with Crippen molar-refractivity contribution in [3.05, 3.63) is 12.2 Å². The molecule has 1 heterocycles. The first-order valence-electron chi connectivity index (χ1n) is 3.69. The average Bonchev–Trinajstić information content (AvgIpc) is 2.59. The SMILES string of the molecule is Cn1cnc(CC2CC2)n1. The van der Waals surface area contributed by atoms with E-state index in [0.717, 1.165) is 18.2 Å². The fourth-order valence-electron chi connectivity index (χ4n) is 1.06. The Labute approximate surface area is 60.1 Å². The summed E-state index contributed by atoms with van der Waals surface area (Å²) in [6.07, 6.45) is 5.59. The first-order valence-corrected chi connectivity index (χ1v) is 3.69. The average molecular weight is 137 g/mol. The second-order valence-corrected chi connectivity index (χ2v) is 2.98. The molecule has 1 fully saturated rings. The first-order chi connectivity index (χ1) is 4.84. The zero-order chi connectivity index (χ0) is 6.97. The van der Waals surface area contributed by atoms with Crippen LogP contribution in [0.5, 0.6) is 0 Å². The van der Waals surface area contributed by atoms with E-state index in [2.05, 4.69) is 10.1 Å². The zero-order valence-electron chi connectivity index (χ0n) is 6.12. The topological polar surface area (TPSA) is 30.7 Å². The third kappa shape index (κ3) is 1.17. The fraction of sp³-hybridized carbons (Fsp3) is 0.714. The quantitative estimate of drug-likeness (QED) is 0.602. The van der Waals surface area contributed by atoms with Gasteiger partial charge in [-0.1, -0.05) is 0 Å². The van der Waals surface area contributed by atoms with Gasteiger partial charge in [-0.15, -0.1) is 0 Å². The molecule has 2 rings (SSSR count). The van der Waals surface area contributed by atoms with Crippen LogP contribution in [0.25, 0.3) is 0 Å². The van der Waals surface area contributed by atoms with E-state index < -0.39 is 0 Å². The summed E-state index contributed by atoms with van der Waals surface area (Å²) in [5.74, 6) is 1.90. The molecule has 1 saturated carbocycles. The summed E-state index contributed by atoms with van der Waals surface area (Å²) in [5, 5.41) is 4.20. The van der Waals surface area contributed by atoms with Gasteiger partial charge in [0.1, 0.15) is 6.33 Å². The monoisotopic (exact) mass is 137 g/mol. The number of hydrogen-bond acceptors (Lipinski definition) is 2. The third-order valence-corrected chi connectivity index (χ3v) is 1.82. The molecule has 0 radical (unpaired) electrons. The Bertz CT molecular complexity index is 225. The molecule has 3 heteroatoms. The van der Waals surface area contributed by atoms with Crippen LogP contribution in [0.3, 0.4) is 0 Å². The zero-order valence-corrected chi connectivity index (χ0v) is 6.12. The molecular formula is C7H11N3. The second-order valence-electron chi connectivity index (χ2n) is 2.98. The normalized spacial score (nSPS) is 17.7. The van der Waals surface area contributed by atoms with Gasteiger partial charge in [0, 0.05) is 13.5 Å². The minimum Gasteiger partial charge on any atom is -0.256 e. The minimum absolute atomic E-state index is 0.891. The van der Waals surface area contributed by atoms with Crippen molar-refractivity contribution in [2.45, 2.75) is 19.3 Å². The maximum Gasteiger partial charge on any atom is 0.150 e. The van der Waals surface area contributed by atoms with Gasteiger partial charge in [-0.2, -0.15) is 5.10 Å². The Morgan fingerprint density at radius 2 is 2.50 bits per heavy atom. The number of aryl methyl sites for hydroxylation is 1. The Morgan fingerprint density at radius 3 is 3.00 bits per heavy atom. The highest BCUT2D eigenvalue weighted by Gasteiger charge is 2.22. The number of hydrogen-bond donors (Lipinski definition) is 0. The van der Waals surface area contributed by atoms with E-state index in [1.165, 1.54) is 12.8 Å². The molecule has 1 aromatic heterocycles. The van der Waals surface area contributed by atoms with E-state index in [4.69, 9.17) is 0 Å². The molecule has 0 N–H and O–H groups in total. The van der Waals surface area contributed by atoms with Crippen LogP contribution in [0.1, 0.15) is 18.7 Å². The highest BCUT2D eigenvalue weighted by molar-refractivity contribution is 4.89. The lowest BCUT2D eigenvalue weighted by Crippen LogP contribution is -1.92. The number of rotatable bonds is 2. The molecule has 3 nitrogen and oxygen atoms in total. The lowest BCUT2D eigenvalue weighted by Gasteiger charge is -1.87. The van der Waals surface area contributed by atoms with Crippen LogP contribution in [0.4, 0.5) is 0 Å². The molecule has 0 spiro atoms. The van der Waals surface area contributed by atoms with Crippen LogP contribution in [-0.2, 0) is 13.5 Å². The Hall–Kier alpha value is -0.860. The van der Waals surface area contributed by atoms with Crippen molar-refractivity contribution in [2.75, 3.05) is 0 Å². The summed E-state index contributed by atoms with van der Waals surface area (Å²) in [5.41, 5.74) is 0. The van der Waals surface area contributed by atoms with E-state index >= 15 is 0 Å². The predicted molar refractivity (Wildman–Crippen MR) is 37.4 cm³/mol. The molecule has 0 bridgehead atoms. The number of nitrogens with zero attached hydrogens (tertiary/aromatic N) is 3. The molecule has 0 aliphatic heterocycles. The van der Waals surface area contributed by atoms with Gasteiger partial charge in [-0.05, 0) is 18.8 Å². The van der Waals surface area contributed by atoms with Gasteiger partial charge >= 0.3 is 0 Å². The summed E-state index contributed by atoms with van der Waals surface area (Å²) in [7, 11) is 1.91. The van der Waals surface area contributed by atoms with Crippen molar-refractivity contribution >= 4 is 0 Å². The van der Waals surface area contributed by atoms with Crippen molar-refractivity contribution in [1.82, 2.24) is 14.8 Å². The molecule has 54 valence electrons. The number of aromatic nitrogens is 3. The Kier molecular flexibility index (Phi) is 1.22. The van der Waals surface area contributed by atoms with E-state index in [9.17, 15) is 0 Å². The Balaban J connectivity index is 2.03. The molecule has 0 saturated heterocycles. The van der Waals surface area contributed by atoms with Crippen molar-refractivity contribution < 1.29 is 0 Å². The molecule has 1 aromatic rings. The van der Waals surface area contributed by atoms with Crippen molar-refractivity contribution in [2.24, 2.45) is 13.0 Å². The van der Waals surface area contributed by atoms with E-state index in [-0.39, 0.29) is 0 Å². The van der Waals surface area contributed by atoms with Gasteiger partial charge in [-0.3, -0.25) is 4.68 Å². The van der Waals surface area contributed by atoms with Crippen molar-refractivity contribution in [3.63, 3.8) is 0 Å². The van der Waals surface area contributed by atoms with E-state index in [1.54, 1.807) is 11.0 Å². The van der Waals surface area contributed by atoms with E-state index in [1.807, 2.05) is 7.05 Å². The minimum atomic E-state index is 0.891. The van der Waals surface area contributed by atoms with Crippen molar-refractivity contribution in [3.8, 4) is 0 Å². The van der Waals surface area contributed by atoms with Crippen LogP contribution in [-0.4, -0.2) is 14.8 Å². The van der Waals surface area contributed by atoms with Crippen molar-refractivity contribution in [1.29, 1.82) is 0 Å². The van der Waals surface area contributed by atoms with Crippen LogP contribution in [0.15, 0.2) is 6.33 Å². The van der Waals surface area contributed by atoms with Gasteiger partial charge in [0.2, 0.25) is 0 Å². The van der Waals surface area contributed by atoms with Gasteiger partial charge in [-0.25, -0.2) is 4.98 Å². The molecule has 0 aromatic carbocycles. The fourth-order valence-corrected chi connectivity index (χ4v) is 1.06. The molecule has 1 aliphatic rings. The molecule has 0 unspecified atom stereocenters. The van der Waals surface area contributed by atoms with Gasteiger partial charge in [0.25, 0.3) is 0 Å². The largest absolute Gasteiger partial charge is 0.256 e. The molecule has 0 amide bonds. The van der Waals surface area contributed by atoms with Crippen LogP contribution < -0.4 is 0 Å². The first kappa shape index (κ1) is 5.89. The predicted octanol–water partition coefficient (Wildman–Crippen LogP) is 0.768. The summed E-state index contributed by atoms with van der Waals surface area (Å²) in [6, 6.07) is 0. The van der Waals surface area contributed by atoms with Gasteiger partial charge in [0.05, 0.1) is 0 Å². The molecule has 1 aliphatic carbocycles. The van der Waals surface area contributed by atoms with Gasteiger partial charge in [0.15, 0.2) is 5.82 Å². The smallest absolute Gasteiger partial charge is 0.150 e. The van der Waals surface area contributed by atoms with Crippen LogP contribution in [0, 0.1) is 5.92 Å². The maximum absolute atomic E-state index is 4.20. The summed E-state index contributed by atoms with van der Waals surface area (Å²) in [6.45, 7) is 0. The summed E-state index contributed by atoms with van der Waals surface area (Å²) in [4.78, 5) is 4.15. The van der Waals surface area contributed by atoms with Crippen LogP contribution in [0.2, 0.25) is 0 Å². The lowest BCUT2D eigenvalue weighted by molar-refractivity contribution is 0.713. The molecule has 10 heavy (non-hydrogen) atoms. The molecule has 0 atom stereocenters. The summed E-state index contributed by atoms with van der Waals surface area (Å²) < 4.78 is 1.76. The Morgan fingerprint density at radius 1 is 1.70 bits per heavy atom. The third-order valence-electron chi connectivity index (χ3n) is 1.82. The highest BCUT2D eigenvalue weighted by Crippen LogP contribution is 2.31. The van der Waals surface area contributed by atoms with E-state index in [0.29, 0.717) is 0 Å². The maximum atomic E-state index is 4.20.